The molecule has 2 aromatic carbocycles. The number of aliphatic imine (C=N–C) groups is 1. The molecule has 0 spiro atoms. The fourth-order valence-corrected chi connectivity index (χ4v) is 2.56. The van der Waals surface area contributed by atoms with E-state index in [9.17, 15) is 4.79 Å². The van der Waals surface area contributed by atoms with E-state index in [1.165, 1.54) is 0 Å². The van der Waals surface area contributed by atoms with Crippen LogP contribution in [0.15, 0.2) is 65.7 Å². The molecule has 0 fully saturated rings. The zero-order valence-electron chi connectivity index (χ0n) is 13.9. The smallest absolute Gasteiger partial charge is 0.309 e. The Morgan fingerprint density at radius 2 is 1.71 bits per heavy atom. The minimum Gasteiger partial charge on any atom is -0.475 e. The normalized spacial score (nSPS) is 18.0. The Morgan fingerprint density at radius 3 is 2.33 bits per heavy atom. The summed E-state index contributed by atoms with van der Waals surface area (Å²) < 4.78 is 11.5. The Balaban J connectivity index is 1.86. The number of hydrogen-bond donors (Lipinski definition) is 0. The third-order valence-corrected chi connectivity index (χ3v) is 3.89. The Labute approximate surface area is 142 Å². The van der Waals surface area contributed by atoms with E-state index in [-0.39, 0.29) is 17.9 Å². The molecule has 1 aliphatic rings. The van der Waals surface area contributed by atoms with Crippen molar-refractivity contribution in [3.05, 3.63) is 71.8 Å². The highest BCUT2D eigenvalue weighted by atomic mass is 16.6. The molecule has 0 aliphatic carbocycles. The van der Waals surface area contributed by atoms with Crippen molar-refractivity contribution in [2.24, 2.45) is 10.9 Å². The number of nitrogens with zero attached hydrogens (tertiary/aromatic N) is 1. The first-order chi connectivity index (χ1) is 11.6. The molecule has 3 rings (SSSR count). The topological polar surface area (TPSA) is 47.9 Å². The molecule has 0 unspecified atom stereocenters. The first kappa shape index (κ1) is 16.2. The van der Waals surface area contributed by atoms with Crippen molar-refractivity contribution in [2.75, 3.05) is 6.61 Å². The summed E-state index contributed by atoms with van der Waals surface area (Å²) >= 11 is 0. The van der Waals surface area contributed by atoms with Crippen molar-refractivity contribution in [2.45, 2.75) is 26.0 Å². The lowest BCUT2D eigenvalue weighted by Gasteiger charge is -2.22. The van der Waals surface area contributed by atoms with Gasteiger partial charge in [0, 0.05) is 5.56 Å². The Morgan fingerprint density at radius 1 is 1.08 bits per heavy atom. The summed E-state index contributed by atoms with van der Waals surface area (Å²) in [5.74, 6) is 0.186. The molecule has 1 heterocycles. The lowest BCUT2D eigenvalue weighted by Crippen LogP contribution is -2.26. The van der Waals surface area contributed by atoms with Gasteiger partial charge in [-0.3, -0.25) is 4.79 Å². The molecule has 0 N–H and O–H groups in total. The van der Waals surface area contributed by atoms with Crippen molar-refractivity contribution in [3.63, 3.8) is 0 Å². The largest absolute Gasteiger partial charge is 0.475 e. The molecule has 1 aliphatic heterocycles. The van der Waals surface area contributed by atoms with Crippen molar-refractivity contribution < 1.29 is 14.3 Å². The Hall–Kier alpha value is -2.62. The maximum absolute atomic E-state index is 12.1. The summed E-state index contributed by atoms with van der Waals surface area (Å²) in [5.41, 5.74) is 1.86. The van der Waals surface area contributed by atoms with Gasteiger partial charge < -0.3 is 9.47 Å². The molecule has 4 heteroatoms. The predicted octanol–water partition coefficient (Wildman–Crippen LogP) is 3.77. The third kappa shape index (κ3) is 3.65. The van der Waals surface area contributed by atoms with Gasteiger partial charge in [0.2, 0.25) is 5.90 Å². The maximum atomic E-state index is 12.1. The molecule has 0 saturated heterocycles. The molecule has 4 nitrogen and oxygen atoms in total. The highest BCUT2D eigenvalue weighted by Gasteiger charge is 2.32. The van der Waals surface area contributed by atoms with Crippen LogP contribution in [0.2, 0.25) is 0 Å². The van der Waals surface area contributed by atoms with E-state index in [0.717, 1.165) is 11.1 Å². The maximum Gasteiger partial charge on any atom is 0.309 e. The summed E-state index contributed by atoms with van der Waals surface area (Å²) in [4.78, 5) is 16.8. The third-order valence-electron chi connectivity index (χ3n) is 3.89. The molecule has 2 atom stereocenters. The average Bonchev–Trinajstić information content (AvgIpc) is 3.10. The lowest BCUT2D eigenvalue weighted by molar-refractivity contribution is -0.154. The van der Waals surface area contributed by atoms with E-state index in [1.54, 1.807) is 0 Å². The zero-order chi connectivity index (χ0) is 16.9. The molecule has 0 radical (unpaired) electrons. The fraction of sp³-hybridized carbons (Fsp3) is 0.300. The van der Waals surface area contributed by atoms with Crippen LogP contribution >= 0.6 is 0 Å². The van der Waals surface area contributed by atoms with E-state index in [2.05, 4.69) is 4.99 Å². The monoisotopic (exact) mass is 323 g/mol. The van der Waals surface area contributed by atoms with Gasteiger partial charge >= 0.3 is 5.97 Å². The Kier molecular flexibility index (Phi) is 4.94. The van der Waals surface area contributed by atoms with Gasteiger partial charge in [-0.1, -0.05) is 62.4 Å². The Bertz CT molecular complexity index is 710. The number of hydrogen-bond acceptors (Lipinski definition) is 4. The highest BCUT2D eigenvalue weighted by Crippen LogP contribution is 2.28. The van der Waals surface area contributed by atoms with Crippen LogP contribution in [0.5, 0.6) is 0 Å². The van der Waals surface area contributed by atoms with Crippen LogP contribution in [0.25, 0.3) is 0 Å². The number of carbonyl (C=O) groups is 1. The molecule has 24 heavy (non-hydrogen) atoms. The lowest BCUT2D eigenvalue weighted by atomic mass is 10.0. The van der Waals surface area contributed by atoms with Gasteiger partial charge in [0.05, 0.1) is 5.92 Å². The zero-order valence-corrected chi connectivity index (χ0v) is 13.9. The molecule has 0 bridgehead atoms. The first-order valence-corrected chi connectivity index (χ1v) is 8.16. The second-order valence-corrected chi connectivity index (χ2v) is 6.10. The molecular formula is C20H21NO3. The van der Waals surface area contributed by atoms with E-state index in [4.69, 9.17) is 9.47 Å². The van der Waals surface area contributed by atoms with Gasteiger partial charge in [-0.15, -0.1) is 0 Å². The number of rotatable bonds is 5. The summed E-state index contributed by atoms with van der Waals surface area (Å²) in [6.45, 7) is 4.05. The van der Waals surface area contributed by atoms with Crippen LogP contribution in [-0.4, -0.2) is 24.5 Å². The second-order valence-electron chi connectivity index (χ2n) is 6.10. The van der Waals surface area contributed by atoms with Gasteiger partial charge in [0.25, 0.3) is 0 Å². The molecular weight excluding hydrogens is 302 g/mol. The van der Waals surface area contributed by atoms with Crippen molar-refractivity contribution >= 4 is 11.9 Å². The molecule has 0 saturated carbocycles. The second kappa shape index (κ2) is 7.30. The molecule has 0 amide bonds. The SMILES string of the molecule is CC(C)C(=O)O[C@@H](c1ccccc1)[C@@H]1COC(c2ccccc2)=N1. The minimum atomic E-state index is -0.442. The quantitative estimate of drug-likeness (QED) is 0.787. The summed E-state index contributed by atoms with van der Waals surface area (Å²) in [5, 5.41) is 0. The first-order valence-electron chi connectivity index (χ1n) is 8.16. The summed E-state index contributed by atoms with van der Waals surface area (Å²) in [6.07, 6.45) is -0.442. The van der Waals surface area contributed by atoms with Crippen LogP contribution in [0.4, 0.5) is 0 Å². The fourth-order valence-electron chi connectivity index (χ4n) is 2.56. The van der Waals surface area contributed by atoms with Crippen LogP contribution in [0.1, 0.15) is 31.1 Å². The molecule has 0 aromatic heterocycles. The average molecular weight is 323 g/mol. The standard InChI is InChI=1S/C20H21NO3/c1-14(2)20(22)24-18(15-9-5-3-6-10-15)17-13-23-19(21-17)16-11-7-4-8-12-16/h3-12,14,17-18H,13H2,1-2H3/t17-,18-/m0/s1. The number of benzene rings is 2. The highest BCUT2D eigenvalue weighted by molar-refractivity contribution is 5.95. The van der Waals surface area contributed by atoms with E-state index in [1.807, 2.05) is 74.5 Å². The van der Waals surface area contributed by atoms with Gasteiger partial charge in [-0.2, -0.15) is 0 Å². The minimum absolute atomic E-state index is 0.184. The number of ether oxygens (including phenoxy) is 2. The number of carbonyl (C=O) groups excluding carboxylic acids is 1. The van der Waals surface area contributed by atoms with Crippen molar-refractivity contribution in [1.29, 1.82) is 0 Å². The van der Waals surface area contributed by atoms with Crippen LogP contribution in [0.3, 0.4) is 0 Å². The van der Waals surface area contributed by atoms with Gasteiger partial charge in [-0.05, 0) is 17.7 Å². The predicted molar refractivity (Wildman–Crippen MR) is 92.8 cm³/mol. The van der Waals surface area contributed by atoms with Gasteiger partial charge in [0.1, 0.15) is 12.6 Å². The summed E-state index contributed by atoms with van der Waals surface area (Å²) in [6, 6.07) is 19.2. The van der Waals surface area contributed by atoms with Crippen molar-refractivity contribution in [1.82, 2.24) is 0 Å². The van der Waals surface area contributed by atoms with Crippen LogP contribution in [-0.2, 0) is 14.3 Å². The van der Waals surface area contributed by atoms with Crippen LogP contribution < -0.4 is 0 Å². The van der Waals surface area contributed by atoms with Gasteiger partial charge in [0.15, 0.2) is 6.10 Å². The van der Waals surface area contributed by atoms with E-state index in [0.29, 0.717) is 12.5 Å². The number of esters is 1. The summed E-state index contributed by atoms with van der Waals surface area (Å²) in [7, 11) is 0. The van der Waals surface area contributed by atoms with Gasteiger partial charge in [-0.25, -0.2) is 4.99 Å². The van der Waals surface area contributed by atoms with Crippen molar-refractivity contribution in [3.8, 4) is 0 Å². The molecule has 2 aromatic rings. The van der Waals surface area contributed by atoms with E-state index < -0.39 is 6.10 Å². The van der Waals surface area contributed by atoms with E-state index >= 15 is 0 Å². The van der Waals surface area contributed by atoms with Crippen LogP contribution in [0, 0.1) is 5.92 Å². The molecule has 124 valence electrons.